The molecule has 3 nitrogen and oxygen atoms in total. The second-order valence-electron chi connectivity index (χ2n) is 6.22. The summed E-state index contributed by atoms with van der Waals surface area (Å²) in [6.45, 7) is 0.977. The fourth-order valence-electron chi connectivity index (χ4n) is 4.04. The molecular weight excluding hydrogens is 274 g/mol. The summed E-state index contributed by atoms with van der Waals surface area (Å²) in [6, 6.07) is 17.6. The van der Waals surface area contributed by atoms with Crippen molar-refractivity contribution in [1.82, 2.24) is 4.90 Å². The highest BCUT2D eigenvalue weighted by Crippen LogP contribution is 2.48. The summed E-state index contributed by atoms with van der Waals surface area (Å²) in [5.41, 5.74) is 2.21. The molecule has 2 fully saturated rings. The molecule has 0 amide bonds. The molecule has 0 aliphatic carbocycles. The van der Waals surface area contributed by atoms with Gasteiger partial charge in [-0.15, -0.1) is 0 Å². The highest BCUT2D eigenvalue weighted by molar-refractivity contribution is 5.94. The molecule has 2 aliphatic heterocycles. The second kappa shape index (κ2) is 5.25. The number of phenols is 1. The summed E-state index contributed by atoms with van der Waals surface area (Å²) in [4.78, 5) is 15.3. The molecule has 2 aromatic carbocycles. The number of hydrogen-bond donors (Lipinski definition) is 1. The van der Waals surface area contributed by atoms with Crippen LogP contribution in [0.3, 0.4) is 0 Å². The van der Waals surface area contributed by atoms with Crippen molar-refractivity contribution in [2.24, 2.45) is 0 Å². The number of carbonyl (C=O) groups excluding carboxylic acids is 1. The normalized spacial score (nSPS) is 28.0. The molecule has 2 aliphatic rings. The molecule has 0 radical (unpaired) electrons. The number of aromatic hydroxyl groups is 1. The molecule has 2 saturated heterocycles. The first-order valence-electron chi connectivity index (χ1n) is 7.89. The number of fused-ring (bicyclic) bond motifs is 1. The second-order valence-corrected chi connectivity index (χ2v) is 6.22. The summed E-state index contributed by atoms with van der Waals surface area (Å²) < 4.78 is 0. The zero-order valence-electron chi connectivity index (χ0n) is 12.4. The van der Waals surface area contributed by atoms with E-state index in [0.29, 0.717) is 5.78 Å². The predicted octanol–water partition coefficient (Wildman–Crippen LogP) is 3.26. The Morgan fingerprint density at radius 2 is 1.68 bits per heavy atom. The Labute approximate surface area is 130 Å². The van der Waals surface area contributed by atoms with Gasteiger partial charge in [-0.3, -0.25) is 9.69 Å². The van der Waals surface area contributed by atoms with Gasteiger partial charge in [0.1, 0.15) is 5.75 Å². The average Bonchev–Trinajstić information content (AvgIpc) is 3.12. The minimum atomic E-state index is -0.101. The van der Waals surface area contributed by atoms with E-state index in [9.17, 15) is 9.90 Å². The lowest BCUT2D eigenvalue weighted by atomic mass is 9.85. The molecule has 0 saturated carbocycles. The molecule has 0 aromatic heterocycles. The Kier molecular flexibility index (Phi) is 3.23. The third kappa shape index (κ3) is 2.04. The van der Waals surface area contributed by atoms with Crippen molar-refractivity contribution in [2.75, 3.05) is 6.54 Å². The highest BCUT2D eigenvalue weighted by Gasteiger charge is 2.50. The van der Waals surface area contributed by atoms with Crippen LogP contribution in [0.2, 0.25) is 0 Å². The van der Waals surface area contributed by atoms with Crippen LogP contribution in [0, 0.1) is 0 Å². The van der Waals surface area contributed by atoms with Crippen molar-refractivity contribution in [3.63, 3.8) is 0 Å². The molecule has 3 atom stereocenters. The van der Waals surface area contributed by atoms with Crippen molar-refractivity contribution in [3.05, 3.63) is 65.7 Å². The minimum Gasteiger partial charge on any atom is -0.508 e. The molecule has 112 valence electrons. The number of hydrogen-bond acceptors (Lipinski definition) is 3. The Bertz CT molecular complexity index is 680. The van der Waals surface area contributed by atoms with Gasteiger partial charge >= 0.3 is 0 Å². The molecule has 1 N–H and O–H groups in total. The van der Waals surface area contributed by atoms with Gasteiger partial charge in [-0.2, -0.15) is 0 Å². The molecular formula is C19H19NO2. The smallest absolute Gasteiger partial charge is 0.159 e. The molecule has 2 unspecified atom stereocenters. The summed E-state index contributed by atoms with van der Waals surface area (Å²) >= 11 is 0. The summed E-state index contributed by atoms with van der Waals surface area (Å²) in [5, 5.41) is 9.54. The lowest BCUT2D eigenvalue weighted by Gasteiger charge is -2.26. The lowest BCUT2D eigenvalue weighted by molar-refractivity contribution is -0.120. The van der Waals surface area contributed by atoms with E-state index in [0.717, 1.165) is 30.5 Å². The van der Waals surface area contributed by atoms with Gasteiger partial charge in [0.2, 0.25) is 0 Å². The molecule has 4 rings (SSSR count). The van der Waals surface area contributed by atoms with Crippen LogP contribution in [0.15, 0.2) is 54.6 Å². The van der Waals surface area contributed by atoms with Crippen molar-refractivity contribution in [2.45, 2.75) is 30.8 Å². The largest absolute Gasteiger partial charge is 0.508 e. The van der Waals surface area contributed by atoms with Crippen LogP contribution >= 0.6 is 0 Å². The van der Waals surface area contributed by atoms with Gasteiger partial charge in [0, 0.05) is 6.04 Å². The van der Waals surface area contributed by atoms with Gasteiger partial charge < -0.3 is 5.11 Å². The maximum absolute atomic E-state index is 12.9. The fourth-order valence-corrected chi connectivity index (χ4v) is 4.04. The third-order valence-corrected chi connectivity index (χ3v) is 5.00. The number of Topliss-reactive ketones (excluding diaryl/α,β-unsaturated/α-hetero) is 1. The van der Waals surface area contributed by atoms with Gasteiger partial charge in [-0.25, -0.2) is 0 Å². The Morgan fingerprint density at radius 3 is 2.41 bits per heavy atom. The maximum atomic E-state index is 12.9. The van der Waals surface area contributed by atoms with Crippen LogP contribution in [0.4, 0.5) is 0 Å². The van der Waals surface area contributed by atoms with E-state index < -0.39 is 0 Å². The zero-order valence-corrected chi connectivity index (χ0v) is 12.4. The van der Waals surface area contributed by atoms with Crippen LogP contribution in [-0.2, 0) is 4.79 Å². The first-order valence-corrected chi connectivity index (χ1v) is 7.89. The zero-order chi connectivity index (χ0) is 15.1. The first kappa shape index (κ1) is 13.5. The minimum absolute atomic E-state index is 0.0593. The number of phenolic OH excluding ortho intramolecular Hbond substituents is 1. The number of ketones is 1. The molecule has 0 spiro atoms. The van der Waals surface area contributed by atoms with E-state index >= 15 is 0 Å². The lowest BCUT2D eigenvalue weighted by Crippen LogP contribution is -2.28. The first-order chi connectivity index (χ1) is 10.8. The Morgan fingerprint density at radius 1 is 0.955 bits per heavy atom. The Hall–Kier alpha value is -2.13. The van der Waals surface area contributed by atoms with Crippen molar-refractivity contribution in [3.8, 4) is 5.75 Å². The number of benzene rings is 2. The van der Waals surface area contributed by atoms with Crippen LogP contribution in [0.5, 0.6) is 5.75 Å². The van der Waals surface area contributed by atoms with E-state index in [2.05, 4.69) is 17.0 Å². The number of nitrogens with zero attached hydrogens (tertiary/aromatic N) is 1. The maximum Gasteiger partial charge on any atom is 0.159 e. The fraction of sp³-hybridized carbons (Fsp3) is 0.316. The summed E-state index contributed by atoms with van der Waals surface area (Å²) in [7, 11) is 0. The molecule has 3 heteroatoms. The van der Waals surface area contributed by atoms with E-state index in [-0.39, 0.29) is 23.8 Å². The predicted molar refractivity (Wildman–Crippen MR) is 84.8 cm³/mol. The van der Waals surface area contributed by atoms with Crippen LogP contribution in [-0.4, -0.2) is 28.4 Å². The highest BCUT2D eigenvalue weighted by atomic mass is 16.3. The van der Waals surface area contributed by atoms with Crippen molar-refractivity contribution < 1.29 is 9.90 Å². The quantitative estimate of drug-likeness (QED) is 0.924. The van der Waals surface area contributed by atoms with E-state index in [1.165, 1.54) is 0 Å². The van der Waals surface area contributed by atoms with E-state index in [4.69, 9.17) is 0 Å². The standard InChI is InChI=1S/C19H19NO2/c21-15-10-8-14(9-11-15)18-17(13-5-2-1-3-6-13)19(22)16-7-4-12-20(16)18/h1-3,5-6,8-11,16-18,21H,4,7,12H2/t16-,17?,18?/m0/s1. The van der Waals surface area contributed by atoms with Crippen LogP contribution in [0.25, 0.3) is 0 Å². The van der Waals surface area contributed by atoms with Gasteiger partial charge in [-0.1, -0.05) is 42.5 Å². The van der Waals surface area contributed by atoms with Crippen molar-refractivity contribution >= 4 is 5.78 Å². The topological polar surface area (TPSA) is 40.5 Å². The van der Waals surface area contributed by atoms with Crippen LogP contribution in [0.1, 0.15) is 35.9 Å². The van der Waals surface area contributed by atoms with Gasteiger partial charge in [0.15, 0.2) is 5.78 Å². The summed E-state index contributed by atoms with van der Waals surface area (Å²) in [5.74, 6) is 0.514. The van der Waals surface area contributed by atoms with Crippen molar-refractivity contribution in [1.29, 1.82) is 0 Å². The molecule has 22 heavy (non-hydrogen) atoms. The van der Waals surface area contributed by atoms with E-state index in [1.54, 1.807) is 12.1 Å². The SMILES string of the molecule is O=C1C(c2ccccc2)C(c2ccc(O)cc2)N2CCC[C@@H]12. The number of carbonyl (C=O) groups is 1. The van der Waals surface area contributed by atoms with Gasteiger partial charge in [-0.05, 0) is 42.6 Å². The summed E-state index contributed by atoms with van der Waals surface area (Å²) in [6.07, 6.45) is 2.06. The van der Waals surface area contributed by atoms with Gasteiger partial charge in [0.05, 0.1) is 12.0 Å². The molecule has 2 aromatic rings. The monoisotopic (exact) mass is 293 g/mol. The van der Waals surface area contributed by atoms with E-state index in [1.807, 2.05) is 30.3 Å². The molecule has 2 heterocycles. The Balaban J connectivity index is 1.80. The van der Waals surface area contributed by atoms with Crippen LogP contribution < -0.4 is 0 Å². The number of rotatable bonds is 2. The average molecular weight is 293 g/mol. The third-order valence-electron chi connectivity index (χ3n) is 5.00. The molecule has 0 bridgehead atoms. The van der Waals surface area contributed by atoms with Gasteiger partial charge in [0.25, 0.3) is 0 Å².